The molecule has 19 heavy (non-hydrogen) atoms. The number of carbonyl (C=O) groups excluding carboxylic acids is 1. The molecule has 1 amide bonds. The van der Waals surface area contributed by atoms with Crippen LogP contribution in [0.15, 0.2) is 61.2 Å². The predicted molar refractivity (Wildman–Crippen MR) is 74.2 cm³/mol. The van der Waals surface area contributed by atoms with Crippen molar-refractivity contribution in [3.63, 3.8) is 0 Å². The van der Waals surface area contributed by atoms with Gasteiger partial charge in [-0.1, -0.05) is 49.0 Å². The molecule has 3 heteroatoms. The highest BCUT2D eigenvalue weighted by molar-refractivity contribution is 5.95. The SMILES string of the molecule is C=C(CNC(=O)c1ccccc1F)c1ccccc1. The molecular weight excluding hydrogens is 241 g/mol. The first kappa shape index (κ1) is 13.0. The maximum absolute atomic E-state index is 13.4. The Balaban J connectivity index is 1.98. The van der Waals surface area contributed by atoms with Crippen LogP contribution in [0, 0.1) is 5.82 Å². The van der Waals surface area contributed by atoms with E-state index in [2.05, 4.69) is 11.9 Å². The minimum absolute atomic E-state index is 0.0448. The summed E-state index contributed by atoms with van der Waals surface area (Å²) in [7, 11) is 0. The zero-order chi connectivity index (χ0) is 13.7. The highest BCUT2D eigenvalue weighted by Gasteiger charge is 2.10. The molecule has 0 fully saturated rings. The van der Waals surface area contributed by atoms with Crippen LogP contribution in [-0.4, -0.2) is 12.5 Å². The van der Waals surface area contributed by atoms with Gasteiger partial charge in [0.15, 0.2) is 0 Å². The minimum Gasteiger partial charge on any atom is -0.348 e. The van der Waals surface area contributed by atoms with Crippen molar-refractivity contribution >= 4 is 11.5 Å². The predicted octanol–water partition coefficient (Wildman–Crippen LogP) is 3.27. The number of amides is 1. The quantitative estimate of drug-likeness (QED) is 0.892. The molecule has 0 radical (unpaired) electrons. The van der Waals surface area contributed by atoms with Gasteiger partial charge >= 0.3 is 0 Å². The van der Waals surface area contributed by atoms with Gasteiger partial charge < -0.3 is 5.32 Å². The molecule has 2 nitrogen and oxygen atoms in total. The molecule has 0 aliphatic rings. The maximum Gasteiger partial charge on any atom is 0.254 e. The maximum atomic E-state index is 13.4. The van der Waals surface area contributed by atoms with Crippen molar-refractivity contribution in [1.82, 2.24) is 5.32 Å². The summed E-state index contributed by atoms with van der Waals surface area (Å²) in [6.45, 7) is 4.19. The van der Waals surface area contributed by atoms with E-state index >= 15 is 0 Å². The monoisotopic (exact) mass is 255 g/mol. The lowest BCUT2D eigenvalue weighted by Gasteiger charge is -2.08. The van der Waals surface area contributed by atoms with Gasteiger partial charge in [-0.25, -0.2) is 4.39 Å². The first-order chi connectivity index (χ1) is 9.18. The molecule has 0 heterocycles. The average Bonchev–Trinajstić information content (AvgIpc) is 2.46. The van der Waals surface area contributed by atoms with Crippen LogP contribution in [0.2, 0.25) is 0 Å². The molecule has 0 spiro atoms. The second kappa shape index (κ2) is 5.96. The largest absolute Gasteiger partial charge is 0.348 e. The first-order valence-corrected chi connectivity index (χ1v) is 5.94. The van der Waals surface area contributed by atoms with Crippen LogP contribution >= 0.6 is 0 Å². The number of halogens is 1. The fourth-order valence-electron chi connectivity index (χ4n) is 1.70. The Labute approximate surface area is 111 Å². The zero-order valence-electron chi connectivity index (χ0n) is 10.4. The van der Waals surface area contributed by atoms with Crippen molar-refractivity contribution in [2.75, 3.05) is 6.54 Å². The molecule has 0 aromatic heterocycles. The lowest BCUT2D eigenvalue weighted by molar-refractivity contribution is 0.0954. The molecule has 0 bridgehead atoms. The van der Waals surface area contributed by atoms with Crippen molar-refractivity contribution in [2.24, 2.45) is 0 Å². The van der Waals surface area contributed by atoms with Crippen molar-refractivity contribution < 1.29 is 9.18 Å². The molecule has 0 atom stereocenters. The summed E-state index contributed by atoms with van der Waals surface area (Å²) in [4.78, 5) is 11.8. The highest BCUT2D eigenvalue weighted by Crippen LogP contribution is 2.11. The van der Waals surface area contributed by atoms with Crippen LogP contribution in [0.3, 0.4) is 0 Å². The van der Waals surface area contributed by atoms with E-state index in [1.54, 1.807) is 12.1 Å². The summed E-state index contributed by atoms with van der Waals surface area (Å²) in [5.41, 5.74) is 1.78. The van der Waals surface area contributed by atoms with Crippen LogP contribution in [-0.2, 0) is 0 Å². The third kappa shape index (κ3) is 3.28. The van der Waals surface area contributed by atoms with Gasteiger partial charge in [0, 0.05) is 6.54 Å². The fourth-order valence-corrected chi connectivity index (χ4v) is 1.70. The molecule has 2 aromatic carbocycles. The number of hydrogen-bond donors (Lipinski definition) is 1. The summed E-state index contributed by atoms with van der Waals surface area (Å²) in [6, 6.07) is 15.4. The first-order valence-electron chi connectivity index (χ1n) is 5.94. The number of carbonyl (C=O) groups is 1. The van der Waals surface area contributed by atoms with Gasteiger partial charge in [-0.05, 0) is 23.3 Å². The topological polar surface area (TPSA) is 29.1 Å². The molecule has 0 aliphatic heterocycles. The Morgan fingerprint density at radius 1 is 1.05 bits per heavy atom. The van der Waals surface area contributed by atoms with Gasteiger partial charge in [0.1, 0.15) is 5.82 Å². The van der Waals surface area contributed by atoms with Crippen LogP contribution in [0.5, 0.6) is 0 Å². The van der Waals surface area contributed by atoms with Gasteiger partial charge in [0.2, 0.25) is 0 Å². The minimum atomic E-state index is -0.523. The summed E-state index contributed by atoms with van der Waals surface area (Å²) >= 11 is 0. The zero-order valence-corrected chi connectivity index (χ0v) is 10.4. The fraction of sp³-hybridized carbons (Fsp3) is 0.0625. The molecule has 2 aromatic rings. The molecule has 1 N–H and O–H groups in total. The van der Waals surface area contributed by atoms with Crippen molar-refractivity contribution in [3.8, 4) is 0 Å². The van der Waals surface area contributed by atoms with Gasteiger partial charge in [0.05, 0.1) is 5.56 Å². The molecule has 0 saturated heterocycles. The summed E-state index contributed by atoms with van der Waals surface area (Å²) < 4.78 is 13.4. The van der Waals surface area contributed by atoms with E-state index in [4.69, 9.17) is 0 Å². The molecular formula is C16H14FNO. The number of nitrogens with one attached hydrogen (secondary N) is 1. The Hall–Kier alpha value is -2.42. The summed E-state index contributed by atoms with van der Waals surface area (Å²) in [5.74, 6) is -0.958. The third-order valence-electron chi connectivity index (χ3n) is 2.76. The van der Waals surface area contributed by atoms with Crippen molar-refractivity contribution in [3.05, 3.63) is 78.1 Å². The Bertz CT molecular complexity index is 593. The molecule has 0 aliphatic carbocycles. The van der Waals surface area contributed by atoms with Crippen molar-refractivity contribution in [1.29, 1.82) is 0 Å². The van der Waals surface area contributed by atoms with Gasteiger partial charge in [-0.15, -0.1) is 0 Å². The number of hydrogen-bond acceptors (Lipinski definition) is 1. The smallest absolute Gasteiger partial charge is 0.254 e. The van der Waals surface area contributed by atoms with E-state index in [9.17, 15) is 9.18 Å². The van der Waals surface area contributed by atoms with Crippen molar-refractivity contribution in [2.45, 2.75) is 0 Å². The van der Waals surface area contributed by atoms with Crippen LogP contribution in [0.4, 0.5) is 4.39 Å². The standard InChI is InChI=1S/C16H14FNO/c1-12(13-7-3-2-4-8-13)11-18-16(19)14-9-5-6-10-15(14)17/h2-10H,1,11H2,(H,18,19). The molecule has 0 unspecified atom stereocenters. The second-order valence-corrected chi connectivity index (χ2v) is 4.13. The Kier molecular flexibility index (Phi) is 4.08. The molecule has 96 valence electrons. The molecule has 2 rings (SSSR count). The van der Waals surface area contributed by atoms with E-state index in [1.165, 1.54) is 12.1 Å². The van der Waals surface area contributed by atoms with Gasteiger partial charge in [0.25, 0.3) is 5.91 Å². The van der Waals surface area contributed by atoms with E-state index < -0.39 is 11.7 Å². The lowest BCUT2D eigenvalue weighted by atomic mass is 10.1. The van der Waals surface area contributed by atoms with Crippen LogP contribution in [0.25, 0.3) is 5.57 Å². The third-order valence-corrected chi connectivity index (χ3v) is 2.76. The highest BCUT2D eigenvalue weighted by atomic mass is 19.1. The van der Waals surface area contributed by atoms with Gasteiger partial charge in [-0.2, -0.15) is 0 Å². The number of rotatable bonds is 4. The van der Waals surface area contributed by atoms with E-state index in [1.807, 2.05) is 30.3 Å². The van der Waals surface area contributed by atoms with E-state index in [0.717, 1.165) is 11.1 Å². The normalized spacial score (nSPS) is 9.95. The van der Waals surface area contributed by atoms with Gasteiger partial charge in [-0.3, -0.25) is 4.79 Å². The Morgan fingerprint density at radius 3 is 2.37 bits per heavy atom. The van der Waals surface area contributed by atoms with Crippen LogP contribution in [0.1, 0.15) is 15.9 Å². The average molecular weight is 255 g/mol. The summed E-state index contributed by atoms with van der Waals surface area (Å²) in [5, 5.41) is 2.66. The summed E-state index contributed by atoms with van der Waals surface area (Å²) in [6.07, 6.45) is 0. The van der Waals surface area contributed by atoms with E-state index in [-0.39, 0.29) is 12.1 Å². The molecule has 0 saturated carbocycles. The number of benzene rings is 2. The lowest BCUT2D eigenvalue weighted by Crippen LogP contribution is -2.25. The Morgan fingerprint density at radius 2 is 1.68 bits per heavy atom. The second-order valence-electron chi connectivity index (χ2n) is 4.13. The van der Waals surface area contributed by atoms with Crippen LogP contribution < -0.4 is 5.32 Å². The van der Waals surface area contributed by atoms with E-state index in [0.29, 0.717) is 0 Å².